The van der Waals surface area contributed by atoms with Gasteiger partial charge < -0.3 is 10.1 Å². The Morgan fingerprint density at radius 1 is 1.30 bits per heavy atom. The van der Waals surface area contributed by atoms with Gasteiger partial charge in [-0.05, 0) is 63.3 Å². The Kier molecular flexibility index (Phi) is 7.70. The van der Waals surface area contributed by atoms with E-state index in [2.05, 4.69) is 54.2 Å². The molecule has 1 aliphatic heterocycles. The zero-order valence-corrected chi connectivity index (χ0v) is 19.0. The lowest BCUT2D eigenvalue weighted by molar-refractivity contribution is -0.122. The average molecular weight is 412 g/mol. The first-order valence-corrected chi connectivity index (χ1v) is 11.5. The number of nitrogens with one attached hydrogen (secondary N) is 1. The Labute approximate surface area is 181 Å². The Hall–Kier alpha value is -2.14. The second-order valence-corrected chi connectivity index (χ2v) is 9.22. The van der Waals surface area contributed by atoms with Gasteiger partial charge in [-0.15, -0.1) is 0 Å². The Balaban J connectivity index is 1.65. The molecule has 0 spiro atoms. The SMILES string of the molecule is CCCCc1cc(O[C@H]2CCN(CC(C)(C)NC(=O)CCC)C2)c2ncccc2c1. The highest BCUT2D eigenvalue weighted by molar-refractivity contribution is 5.85. The molecule has 1 saturated heterocycles. The zero-order chi connectivity index (χ0) is 21.6. The van der Waals surface area contributed by atoms with Gasteiger partial charge in [0.25, 0.3) is 0 Å². The van der Waals surface area contributed by atoms with E-state index in [4.69, 9.17) is 4.74 Å². The van der Waals surface area contributed by atoms with Crippen LogP contribution in [0.25, 0.3) is 10.9 Å². The van der Waals surface area contributed by atoms with Crippen molar-refractivity contribution in [1.82, 2.24) is 15.2 Å². The summed E-state index contributed by atoms with van der Waals surface area (Å²) >= 11 is 0. The van der Waals surface area contributed by atoms with E-state index in [0.29, 0.717) is 6.42 Å². The minimum absolute atomic E-state index is 0.135. The van der Waals surface area contributed by atoms with Crippen LogP contribution in [0.15, 0.2) is 30.5 Å². The van der Waals surface area contributed by atoms with Gasteiger partial charge in [-0.1, -0.05) is 26.3 Å². The van der Waals surface area contributed by atoms with Gasteiger partial charge in [-0.2, -0.15) is 0 Å². The predicted molar refractivity (Wildman–Crippen MR) is 123 cm³/mol. The lowest BCUT2D eigenvalue weighted by atomic mass is 10.0. The summed E-state index contributed by atoms with van der Waals surface area (Å²) in [6.45, 7) is 11.1. The maximum Gasteiger partial charge on any atom is 0.220 e. The van der Waals surface area contributed by atoms with Crippen LogP contribution in [0.1, 0.15) is 65.4 Å². The number of amides is 1. The van der Waals surface area contributed by atoms with Crippen LogP contribution in [0.3, 0.4) is 0 Å². The molecule has 1 atom stereocenters. The van der Waals surface area contributed by atoms with E-state index in [-0.39, 0.29) is 17.6 Å². The minimum atomic E-state index is -0.241. The normalized spacial score (nSPS) is 17.4. The summed E-state index contributed by atoms with van der Waals surface area (Å²) in [4.78, 5) is 19.0. The van der Waals surface area contributed by atoms with Crippen LogP contribution < -0.4 is 10.1 Å². The minimum Gasteiger partial charge on any atom is -0.487 e. The van der Waals surface area contributed by atoms with Gasteiger partial charge in [-0.3, -0.25) is 14.7 Å². The summed E-state index contributed by atoms with van der Waals surface area (Å²) in [6, 6.07) is 8.53. The van der Waals surface area contributed by atoms with Crippen molar-refractivity contribution in [1.29, 1.82) is 0 Å². The molecular formula is C25H37N3O2. The first-order valence-electron chi connectivity index (χ1n) is 11.5. The van der Waals surface area contributed by atoms with E-state index < -0.39 is 0 Å². The number of likely N-dealkylation sites (tertiary alicyclic amines) is 1. The maximum absolute atomic E-state index is 12.0. The van der Waals surface area contributed by atoms with E-state index in [0.717, 1.165) is 55.5 Å². The lowest BCUT2D eigenvalue weighted by Gasteiger charge is -2.31. The van der Waals surface area contributed by atoms with Gasteiger partial charge in [0.05, 0.1) is 0 Å². The smallest absolute Gasteiger partial charge is 0.220 e. The number of aromatic nitrogens is 1. The van der Waals surface area contributed by atoms with E-state index in [1.807, 2.05) is 19.2 Å². The highest BCUT2D eigenvalue weighted by Crippen LogP contribution is 2.29. The highest BCUT2D eigenvalue weighted by atomic mass is 16.5. The van der Waals surface area contributed by atoms with Crippen LogP contribution in [-0.4, -0.2) is 47.1 Å². The summed E-state index contributed by atoms with van der Waals surface area (Å²) in [5, 5.41) is 4.32. The van der Waals surface area contributed by atoms with E-state index in [1.54, 1.807) is 0 Å². The van der Waals surface area contributed by atoms with Gasteiger partial charge >= 0.3 is 0 Å². The van der Waals surface area contributed by atoms with Crippen molar-refractivity contribution in [2.45, 2.75) is 77.9 Å². The summed E-state index contributed by atoms with van der Waals surface area (Å²) in [6.07, 6.45) is 7.88. The number of nitrogens with zero attached hydrogens (tertiary/aromatic N) is 2. The molecular weight excluding hydrogens is 374 g/mol. The molecule has 1 fully saturated rings. The van der Waals surface area contributed by atoms with Gasteiger partial charge in [0, 0.05) is 43.2 Å². The Morgan fingerprint density at radius 3 is 2.90 bits per heavy atom. The largest absolute Gasteiger partial charge is 0.487 e. The first-order chi connectivity index (χ1) is 14.4. The second kappa shape index (κ2) is 10.3. The number of unbranched alkanes of at least 4 members (excludes halogenated alkanes) is 1. The molecule has 1 aromatic heterocycles. The third kappa shape index (κ3) is 6.18. The maximum atomic E-state index is 12.0. The molecule has 0 saturated carbocycles. The van der Waals surface area contributed by atoms with Crippen molar-refractivity contribution < 1.29 is 9.53 Å². The number of ether oxygens (including phenoxy) is 1. The lowest BCUT2D eigenvalue weighted by Crippen LogP contribution is -2.51. The molecule has 1 N–H and O–H groups in total. The monoisotopic (exact) mass is 411 g/mol. The van der Waals surface area contributed by atoms with E-state index in [9.17, 15) is 4.79 Å². The fraction of sp³-hybridized carbons (Fsp3) is 0.600. The molecule has 0 unspecified atom stereocenters. The molecule has 164 valence electrons. The Morgan fingerprint density at radius 2 is 2.13 bits per heavy atom. The predicted octanol–water partition coefficient (Wildman–Crippen LogP) is 4.73. The number of benzene rings is 1. The van der Waals surface area contributed by atoms with Crippen molar-refractivity contribution in [3.8, 4) is 5.75 Å². The standard InChI is InChI=1S/C25H37N3O2/c1-5-7-10-19-15-20-11-8-13-26-24(20)22(16-19)30-21-12-14-28(17-21)18-25(3,4)27-23(29)9-6-2/h8,11,13,15-16,21H,5-7,9-10,12,14,17-18H2,1-4H3,(H,27,29)/t21-/m0/s1. The molecule has 1 aliphatic rings. The Bertz CT molecular complexity index is 849. The van der Waals surface area contributed by atoms with Crippen molar-refractivity contribution in [2.24, 2.45) is 0 Å². The van der Waals surface area contributed by atoms with E-state index in [1.165, 1.54) is 18.4 Å². The number of aryl methyl sites for hydroxylation is 1. The van der Waals surface area contributed by atoms with Gasteiger partial charge in [-0.25, -0.2) is 0 Å². The number of rotatable bonds is 10. The molecule has 0 bridgehead atoms. The fourth-order valence-corrected chi connectivity index (χ4v) is 4.32. The third-order valence-electron chi connectivity index (χ3n) is 5.65. The third-order valence-corrected chi connectivity index (χ3v) is 5.65. The fourth-order valence-electron chi connectivity index (χ4n) is 4.32. The summed E-state index contributed by atoms with van der Waals surface area (Å²) in [7, 11) is 0. The van der Waals surface area contributed by atoms with E-state index >= 15 is 0 Å². The number of fused-ring (bicyclic) bond motifs is 1. The molecule has 2 aromatic rings. The van der Waals surface area contributed by atoms with Crippen molar-refractivity contribution in [2.75, 3.05) is 19.6 Å². The van der Waals surface area contributed by atoms with Gasteiger partial charge in [0.1, 0.15) is 17.4 Å². The molecule has 3 rings (SSSR count). The van der Waals surface area contributed by atoms with Crippen LogP contribution in [0.2, 0.25) is 0 Å². The zero-order valence-electron chi connectivity index (χ0n) is 19.0. The first kappa shape index (κ1) is 22.5. The number of carbonyl (C=O) groups is 1. The number of hydrogen-bond donors (Lipinski definition) is 1. The molecule has 5 heteroatoms. The summed E-state index contributed by atoms with van der Waals surface area (Å²) < 4.78 is 6.48. The number of carbonyl (C=O) groups excluding carboxylic acids is 1. The number of pyridine rings is 1. The number of hydrogen-bond acceptors (Lipinski definition) is 4. The van der Waals surface area contributed by atoms with Crippen LogP contribution in [0.4, 0.5) is 0 Å². The molecule has 30 heavy (non-hydrogen) atoms. The van der Waals surface area contributed by atoms with Crippen molar-refractivity contribution in [3.05, 3.63) is 36.0 Å². The summed E-state index contributed by atoms with van der Waals surface area (Å²) in [5.41, 5.74) is 2.03. The highest BCUT2D eigenvalue weighted by Gasteiger charge is 2.30. The average Bonchev–Trinajstić information content (AvgIpc) is 3.12. The molecule has 2 heterocycles. The van der Waals surface area contributed by atoms with Crippen LogP contribution in [0, 0.1) is 0 Å². The molecule has 5 nitrogen and oxygen atoms in total. The summed E-state index contributed by atoms with van der Waals surface area (Å²) in [5.74, 6) is 1.04. The van der Waals surface area contributed by atoms with Crippen LogP contribution in [0.5, 0.6) is 5.75 Å². The molecule has 0 aliphatic carbocycles. The van der Waals surface area contributed by atoms with Crippen LogP contribution in [-0.2, 0) is 11.2 Å². The molecule has 0 radical (unpaired) electrons. The van der Waals surface area contributed by atoms with Gasteiger partial charge in [0.15, 0.2) is 0 Å². The molecule has 1 amide bonds. The quantitative estimate of drug-likeness (QED) is 0.614. The molecule has 1 aromatic carbocycles. The van der Waals surface area contributed by atoms with Crippen molar-refractivity contribution >= 4 is 16.8 Å². The second-order valence-electron chi connectivity index (χ2n) is 9.22. The van der Waals surface area contributed by atoms with Gasteiger partial charge in [0.2, 0.25) is 5.91 Å². The van der Waals surface area contributed by atoms with Crippen molar-refractivity contribution in [3.63, 3.8) is 0 Å². The van der Waals surface area contributed by atoms with Crippen LogP contribution >= 0.6 is 0 Å². The topological polar surface area (TPSA) is 54.5 Å².